The van der Waals surface area contributed by atoms with E-state index in [1.807, 2.05) is 13.8 Å². The van der Waals surface area contributed by atoms with E-state index < -0.39 is 41.2 Å². The molecule has 168 valence electrons. The van der Waals surface area contributed by atoms with E-state index in [4.69, 9.17) is 16.3 Å². The largest absolute Gasteiger partial charge is 0.494 e. The topological polar surface area (TPSA) is 95.9 Å². The number of aliphatic carboxylic acids is 1. The van der Waals surface area contributed by atoms with Gasteiger partial charge < -0.3 is 9.84 Å². The van der Waals surface area contributed by atoms with Crippen LogP contribution in [0.4, 0.5) is 5.69 Å². The molecular weight excluding hydrogens is 432 g/mol. The fraction of sp³-hybridized carbons (Fsp3) is 0.375. The van der Waals surface area contributed by atoms with Crippen LogP contribution in [-0.2, 0) is 14.4 Å². The van der Waals surface area contributed by atoms with Gasteiger partial charge in [0, 0.05) is 11.1 Å². The predicted molar refractivity (Wildman–Crippen MR) is 120 cm³/mol. The molecule has 0 radical (unpaired) electrons. The molecule has 32 heavy (non-hydrogen) atoms. The minimum atomic E-state index is -1.59. The van der Waals surface area contributed by atoms with Crippen LogP contribution in [0.5, 0.6) is 5.75 Å². The average Bonchev–Trinajstić information content (AvgIpc) is 3.23. The van der Waals surface area contributed by atoms with Gasteiger partial charge in [0.25, 0.3) is 0 Å². The highest BCUT2D eigenvalue weighted by Crippen LogP contribution is 2.50. The van der Waals surface area contributed by atoms with Gasteiger partial charge >= 0.3 is 5.97 Å². The third-order valence-electron chi connectivity index (χ3n) is 6.36. The number of ether oxygens (including phenoxy) is 1. The molecule has 2 aromatic rings. The average molecular weight is 457 g/mol. The Hall–Kier alpha value is -2.90. The molecule has 2 amide bonds. The number of hydrogen-bond acceptors (Lipinski definition) is 5. The number of nitrogens with zero attached hydrogens (tertiary/aromatic N) is 1. The normalized spacial score (nSPS) is 27.0. The summed E-state index contributed by atoms with van der Waals surface area (Å²) >= 11 is 6.22. The number of benzene rings is 2. The van der Waals surface area contributed by atoms with Crippen molar-refractivity contribution < 1.29 is 24.2 Å². The van der Waals surface area contributed by atoms with Gasteiger partial charge in [-0.25, -0.2) is 4.90 Å². The number of nitrogens with one attached hydrogen (secondary N) is 1. The lowest BCUT2D eigenvalue weighted by Crippen LogP contribution is -2.53. The van der Waals surface area contributed by atoms with E-state index in [9.17, 15) is 19.5 Å². The summed E-state index contributed by atoms with van der Waals surface area (Å²) in [7, 11) is 0. The summed E-state index contributed by atoms with van der Waals surface area (Å²) in [6, 6.07) is 11.5. The molecule has 2 heterocycles. The van der Waals surface area contributed by atoms with Crippen LogP contribution >= 0.6 is 11.6 Å². The number of halogens is 1. The Labute approximate surface area is 191 Å². The van der Waals surface area contributed by atoms with Crippen molar-refractivity contribution in [2.75, 3.05) is 11.5 Å². The Morgan fingerprint density at radius 2 is 1.88 bits per heavy atom. The second-order valence-electron chi connectivity index (χ2n) is 8.50. The van der Waals surface area contributed by atoms with Gasteiger partial charge in [-0.15, -0.1) is 0 Å². The van der Waals surface area contributed by atoms with Crippen molar-refractivity contribution >= 4 is 35.1 Å². The standard InChI is InChI=1S/C24H25ClN2O5/c1-4-11-32-16-9-6-14(7-10-16)20-18-19(24(3,26-20)23(30)31)22(29)27(21(18)28)15-8-5-13(2)17(25)12-15/h5-10,12,18-20,26H,4,11H2,1-3H3,(H,30,31). The molecule has 0 bridgehead atoms. The zero-order chi connectivity index (χ0) is 23.2. The zero-order valence-electron chi connectivity index (χ0n) is 18.1. The molecule has 4 unspecified atom stereocenters. The van der Waals surface area contributed by atoms with Crippen molar-refractivity contribution in [3.63, 3.8) is 0 Å². The fourth-order valence-electron chi connectivity index (χ4n) is 4.59. The van der Waals surface area contributed by atoms with E-state index in [0.717, 1.165) is 22.4 Å². The Morgan fingerprint density at radius 1 is 1.19 bits per heavy atom. The van der Waals surface area contributed by atoms with E-state index in [-0.39, 0.29) is 0 Å². The fourth-order valence-corrected chi connectivity index (χ4v) is 4.76. The van der Waals surface area contributed by atoms with Crippen LogP contribution in [0.3, 0.4) is 0 Å². The monoisotopic (exact) mass is 456 g/mol. The van der Waals surface area contributed by atoms with Crippen LogP contribution in [0.1, 0.15) is 37.4 Å². The first-order valence-corrected chi connectivity index (χ1v) is 10.9. The summed E-state index contributed by atoms with van der Waals surface area (Å²) in [5.74, 6) is -3.37. The second-order valence-corrected chi connectivity index (χ2v) is 8.90. The highest BCUT2D eigenvalue weighted by molar-refractivity contribution is 6.32. The highest BCUT2D eigenvalue weighted by atomic mass is 35.5. The van der Waals surface area contributed by atoms with Crippen LogP contribution in [0.2, 0.25) is 5.02 Å². The number of carboxylic acids is 1. The molecule has 0 aromatic heterocycles. The molecule has 2 aliphatic rings. The van der Waals surface area contributed by atoms with Gasteiger partial charge in [-0.3, -0.25) is 19.7 Å². The maximum absolute atomic E-state index is 13.5. The minimum absolute atomic E-state index is 0.347. The summed E-state index contributed by atoms with van der Waals surface area (Å²) in [5.41, 5.74) is 0.288. The Kier molecular flexibility index (Phi) is 5.73. The number of aryl methyl sites for hydroxylation is 1. The highest BCUT2D eigenvalue weighted by Gasteiger charge is 2.66. The maximum atomic E-state index is 13.5. The second kappa shape index (κ2) is 8.22. The molecule has 4 rings (SSSR count). The molecule has 7 nitrogen and oxygen atoms in total. The molecule has 0 saturated carbocycles. The molecule has 2 aromatic carbocycles. The number of fused-ring (bicyclic) bond motifs is 1. The number of rotatable bonds is 6. The summed E-state index contributed by atoms with van der Waals surface area (Å²) < 4.78 is 5.62. The molecule has 2 fully saturated rings. The van der Waals surface area contributed by atoms with Gasteiger partial charge in [-0.2, -0.15) is 0 Å². The van der Waals surface area contributed by atoms with E-state index in [1.165, 1.54) is 6.92 Å². The lowest BCUT2D eigenvalue weighted by Gasteiger charge is -2.27. The SMILES string of the molecule is CCCOc1ccc(C2NC(C)(C(=O)O)C3C(=O)N(c4ccc(C)c(Cl)c4)C(=O)C23)cc1. The number of carbonyl (C=O) groups is 3. The van der Waals surface area contributed by atoms with Crippen LogP contribution in [0.15, 0.2) is 42.5 Å². The van der Waals surface area contributed by atoms with Gasteiger partial charge in [-0.1, -0.05) is 36.7 Å². The van der Waals surface area contributed by atoms with Crippen LogP contribution in [0, 0.1) is 18.8 Å². The summed E-state index contributed by atoms with van der Waals surface area (Å²) in [6.45, 7) is 5.88. The van der Waals surface area contributed by atoms with Crippen LogP contribution < -0.4 is 15.0 Å². The first kappa shape index (κ1) is 22.3. The summed E-state index contributed by atoms with van der Waals surface area (Å²) in [5, 5.41) is 13.5. The van der Waals surface area contributed by atoms with Crippen molar-refractivity contribution in [1.82, 2.24) is 5.32 Å². The predicted octanol–water partition coefficient (Wildman–Crippen LogP) is 3.73. The van der Waals surface area contributed by atoms with Gasteiger partial charge in [0.1, 0.15) is 11.3 Å². The van der Waals surface area contributed by atoms with Gasteiger partial charge in [0.05, 0.1) is 24.1 Å². The molecule has 0 aliphatic carbocycles. The lowest BCUT2D eigenvalue weighted by molar-refractivity contribution is -0.147. The maximum Gasteiger partial charge on any atom is 0.324 e. The quantitative estimate of drug-likeness (QED) is 0.643. The number of carboxylic acid groups (broad SMARTS) is 1. The minimum Gasteiger partial charge on any atom is -0.494 e. The lowest BCUT2D eigenvalue weighted by atomic mass is 9.80. The first-order valence-electron chi connectivity index (χ1n) is 10.6. The summed E-state index contributed by atoms with van der Waals surface area (Å²) in [4.78, 5) is 40.2. The van der Waals surface area contributed by atoms with Gasteiger partial charge in [0.2, 0.25) is 11.8 Å². The van der Waals surface area contributed by atoms with Crippen LogP contribution in [0.25, 0.3) is 0 Å². The molecule has 0 spiro atoms. The summed E-state index contributed by atoms with van der Waals surface area (Å²) in [6.07, 6.45) is 0.877. The third kappa shape index (κ3) is 3.45. The van der Waals surface area contributed by atoms with E-state index >= 15 is 0 Å². The third-order valence-corrected chi connectivity index (χ3v) is 6.76. The smallest absolute Gasteiger partial charge is 0.324 e. The Morgan fingerprint density at radius 3 is 2.47 bits per heavy atom. The number of carbonyl (C=O) groups excluding carboxylic acids is 2. The molecular formula is C24H25ClN2O5. The molecule has 2 saturated heterocycles. The van der Waals surface area contributed by atoms with Crippen LogP contribution in [-0.4, -0.2) is 35.0 Å². The number of amides is 2. The molecule has 8 heteroatoms. The van der Waals surface area contributed by atoms with Crippen molar-refractivity contribution in [3.05, 3.63) is 58.6 Å². The zero-order valence-corrected chi connectivity index (χ0v) is 18.8. The van der Waals surface area contributed by atoms with Gasteiger partial charge in [-0.05, 0) is 55.7 Å². The van der Waals surface area contributed by atoms with E-state index in [0.29, 0.717) is 23.1 Å². The first-order chi connectivity index (χ1) is 15.2. The number of imide groups is 1. The van der Waals surface area contributed by atoms with Crippen molar-refractivity contribution in [2.24, 2.45) is 11.8 Å². The molecule has 2 N–H and O–H groups in total. The van der Waals surface area contributed by atoms with Crippen molar-refractivity contribution in [3.8, 4) is 5.75 Å². The van der Waals surface area contributed by atoms with E-state index in [2.05, 4.69) is 5.32 Å². The van der Waals surface area contributed by atoms with Crippen molar-refractivity contribution in [1.29, 1.82) is 0 Å². The van der Waals surface area contributed by atoms with Gasteiger partial charge in [0.15, 0.2) is 0 Å². The van der Waals surface area contributed by atoms with E-state index in [1.54, 1.807) is 42.5 Å². The number of anilines is 1. The molecule has 2 aliphatic heterocycles. The number of hydrogen-bond donors (Lipinski definition) is 2. The Bertz CT molecular complexity index is 1090. The van der Waals surface area contributed by atoms with Crippen molar-refractivity contribution in [2.45, 2.75) is 38.8 Å². The Balaban J connectivity index is 1.73. The molecule has 4 atom stereocenters.